The maximum Gasteiger partial charge on any atom is 0.0656 e. The summed E-state index contributed by atoms with van der Waals surface area (Å²) in [6.45, 7) is 0. The molecule has 0 radical (unpaired) electrons. The van der Waals surface area contributed by atoms with Crippen LogP contribution in [0, 0.1) is 2.88 Å². The van der Waals surface area contributed by atoms with Gasteiger partial charge >= 0.3 is 0 Å². The van der Waals surface area contributed by atoms with E-state index in [0.717, 1.165) is 12.8 Å². The molecule has 3 nitrogen and oxygen atoms in total. The second-order valence-corrected chi connectivity index (χ2v) is 6.82. The highest BCUT2D eigenvalue weighted by molar-refractivity contribution is 14.1. The third-order valence-corrected chi connectivity index (χ3v) is 4.76. The number of rotatable bonds is 5. The van der Waals surface area contributed by atoms with Crippen molar-refractivity contribution in [2.45, 2.75) is 18.9 Å². The first-order chi connectivity index (χ1) is 8.20. The van der Waals surface area contributed by atoms with Gasteiger partial charge in [-0.3, -0.25) is 4.68 Å². The lowest BCUT2D eigenvalue weighted by molar-refractivity contribution is 0.537. The number of hydrogen-bond donors (Lipinski definition) is 1. The lowest BCUT2D eigenvalue weighted by Gasteiger charge is -2.14. The average Bonchev–Trinajstić information content (AvgIpc) is 2.90. The van der Waals surface area contributed by atoms with Crippen LogP contribution < -0.4 is 5.32 Å². The Morgan fingerprint density at radius 2 is 2.41 bits per heavy atom. The summed E-state index contributed by atoms with van der Waals surface area (Å²) in [5, 5.41) is 9.82. The molecule has 0 aliphatic carbocycles. The van der Waals surface area contributed by atoms with Gasteiger partial charge in [0.2, 0.25) is 0 Å². The average molecular weight is 361 g/mol. The molecule has 2 rings (SSSR count). The Balaban J connectivity index is 1.99. The summed E-state index contributed by atoms with van der Waals surface area (Å²) in [6, 6.07) is 4.78. The predicted octanol–water partition coefficient (Wildman–Crippen LogP) is 2.98. The Bertz CT molecular complexity index is 478. The molecule has 1 N–H and O–H groups in total. The first kappa shape index (κ1) is 13.0. The first-order valence-electron chi connectivity index (χ1n) is 5.59. The Kier molecular flexibility index (Phi) is 4.58. The van der Waals surface area contributed by atoms with Crippen LogP contribution in [0.25, 0.3) is 0 Å². The summed E-state index contributed by atoms with van der Waals surface area (Å²) in [5.74, 6) is 0. The van der Waals surface area contributed by atoms with Gasteiger partial charge < -0.3 is 5.32 Å². The fourth-order valence-electron chi connectivity index (χ4n) is 1.92. The minimum atomic E-state index is 0.435. The largest absolute Gasteiger partial charge is 0.313 e. The second-order valence-electron chi connectivity index (χ2n) is 4.01. The number of hydrogen-bond acceptors (Lipinski definition) is 3. The Hall–Kier alpha value is -0.400. The van der Waals surface area contributed by atoms with Crippen LogP contribution in [0.3, 0.4) is 0 Å². The van der Waals surface area contributed by atoms with Crippen LogP contribution >= 0.6 is 33.9 Å². The minimum absolute atomic E-state index is 0.435. The molecule has 0 fully saturated rings. The van der Waals surface area contributed by atoms with Crippen molar-refractivity contribution in [1.29, 1.82) is 0 Å². The van der Waals surface area contributed by atoms with E-state index >= 15 is 0 Å². The van der Waals surface area contributed by atoms with Crippen LogP contribution in [0.5, 0.6) is 0 Å². The van der Waals surface area contributed by atoms with Crippen molar-refractivity contribution in [3.05, 3.63) is 37.9 Å². The molecule has 0 bridgehead atoms. The van der Waals surface area contributed by atoms with Gasteiger partial charge in [0.25, 0.3) is 0 Å². The summed E-state index contributed by atoms with van der Waals surface area (Å²) in [4.78, 5) is 0. The molecule has 0 aromatic carbocycles. The van der Waals surface area contributed by atoms with E-state index in [1.54, 1.807) is 11.3 Å². The molecular formula is C12H16IN3S. The first-order valence-corrected chi connectivity index (χ1v) is 7.54. The molecule has 1 atom stereocenters. The van der Waals surface area contributed by atoms with Gasteiger partial charge in [0.15, 0.2) is 0 Å². The van der Waals surface area contributed by atoms with Gasteiger partial charge in [-0.25, -0.2) is 0 Å². The lowest BCUT2D eigenvalue weighted by atomic mass is 10.0. The van der Waals surface area contributed by atoms with Crippen LogP contribution in [0.15, 0.2) is 23.7 Å². The molecule has 2 heterocycles. The summed E-state index contributed by atoms with van der Waals surface area (Å²) >= 11 is 4.17. The van der Waals surface area contributed by atoms with E-state index in [-0.39, 0.29) is 0 Å². The normalized spacial score (nSPS) is 12.9. The quantitative estimate of drug-likeness (QED) is 0.830. The summed E-state index contributed by atoms with van der Waals surface area (Å²) in [6.07, 6.45) is 4.01. The SMILES string of the molecule is CNC(CCc1ccnn1C)c1csc(I)c1. The maximum absolute atomic E-state index is 4.19. The summed E-state index contributed by atoms with van der Waals surface area (Å²) in [5.41, 5.74) is 2.68. The number of halogens is 1. The number of aryl methyl sites for hydroxylation is 2. The molecular weight excluding hydrogens is 345 g/mol. The van der Waals surface area contributed by atoms with Crippen LogP contribution in [-0.4, -0.2) is 16.8 Å². The number of aromatic nitrogens is 2. The van der Waals surface area contributed by atoms with Crippen molar-refractivity contribution < 1.29 is 0 Å². The number of thiophene rings is 1. The highest BCUT2D eigenvalue weighted by atomic mass is 127. The van der Waals surface area contributed by atoms with Crippen LogP contribution in [0.1, 0.15) is 23.7 Å². The van der Waals surface area contributed by atoms with E-state index in [1.165, 1.54) is 14.1 Å². The molecule has 0 saturated heterocycles. The van der Waals surface area contributed by atoms with Crippen molar-refractivity contribution in [3.63, 3.8) is 0 Å². The zero-order valence-corrected chi connectivity index (χ0v) is 13.0. The zero-order chi connectivity index (χ0) is 12.3. The van der Waals surface area contributed by atoms with Crippen molar-refractivity contribution in [2.24, 2.45) is 7.05 Å². The van der Waals surface area contributed by atoms with E-state index in [1.807, 2.05) is 25.0 Å². The predicted molar refractivity (Wildman–Crippen MR) is 80.4 cm³/mol. The van der Waals surface area contributed by atoms with Gasteiger partial charge in [0.1, 0.15) is 0 Å². The second kappa shape index (κ2) is 5.97. The van der Waals surface area contributed by atoms with E-state index in [2.05, 4.69) is 50.5 Å². The highest BCUT2D eigenvalue weighted by Crippen LogP contribution is 2.25. The molecule has 5 heteroatoms. The fraction of sp³-hybridized carbons (Fsp3) is 0.417. The van der Waals surface area contributed by atoms with E-state index in [9.17, 15) is 0 Å². The van der Waals surface area contributed by atoms with Crippen LogP contribution in [0.2, 0.25) is 0 Å². The lowest BCUT2D eigenvalue weighted by Crippen LogP contribution is -2.17. The fourth-order valence-corrected chi connectivity index (χ4v) is 3.35. The maximum atomic E-state index is 4.19. The van der Waals surface area contributed by atoms with Gasteiger partial charge in [0.05, 0.1) is 2.88 Å². The zero-order valence-electron chi connectivity index (χ0n) is 9.98. The highest BCUT2D eigenvalue weighted by Gasteiger charge is 2.11. The molecule has 0 aliphatic rings. The summed E-state index contributed by atoms with van der Waals surface area (Å²) in [7, 11) is 4.02. The Morgan fingerprint density at radius 3 is 2.94 bits per heavy atom. The van der Waals surface area contributed by atoms with Gasteiger partial charge in [-0.2, -0.15) is 5.10 Å². The number of nitrogens with zero attached hydrogens (tertiary/aromatic N) is 2. The Morgan fingerprint density at radius 1 is 1.59 bits per heavy atom. The molecule has 2 aromatic rings. The molecule has 92 valence electrons. The van der Waals surface area contributed by atoms with Gasteiger partial charge in [-0.05, 0) is 65.6 Å². The molecule has 0 spiro atoms. The molecule has 0 aliphatic heterocycles. The summed E-state index contributed by atoms with van der Waals surface area (Å²) < 4.78 is 3.29. The van der Waals surface area contributed by atoms with Crippen molar-refractivity contribution in [3.8, 4) is 0 Å². The van der Waals surface area contributed by atoms with E-state index in [0.29, 0.717) is 6.04 Å². The smallest absolute Gasteiger partial charge is 0.0656 e. The Labute approximate surface area is 119 Å². The third-order valence-electron chi connectivity index (χ3n) is 2.95. The van der Waals surface area contributed by atoms with Gasteiger partial charge in [-0.1, -0.05) is 0 Å². The monoisotopic (exact) mass is 361 g/mol. The minimum Gasteiger partial charge on any atom is -0.313 e. The molecule has 17 heavy (non-hydrogen) atoms. The van der Waals surface area contributed by atoms with Crippen molar-refractivity contribution in [2.75, 3.05) is 7.05 Å². The van der Waals surface area contributed by atoms with E-state index in [4.69, 9.17) is 0 Å². The standard InChI is InChI=1S/C12H16IN3S/c1-14-11(9-7-12(13)17-8-9)4-3-10-5-6-15-16(10)2/h5-8,11,14H,3-4H2,1-2H3. The van der Waals surface area contributed by atoms with Gasteiger partial charge in [0, 0.05) is 25.0 Å². The van der Waals surface area contributed by atoms with Crippen molar-refractivity contribution in [1.82, 2.24) is 15.1 Å². The molecule has 1 unspecified atom stereocenters. The molecule has 2 aromatic heterocycles. The van der Waals surface area contributed by atoms with Crippen LogP contribution in [-0.2, 0) is 13.5 Å². The van der Waals surface area contributed by atoms with Crippen LogP contribution in [0.4, 0.5) is 0 Å². The van der Waals surface area contributed by atoms with E-state index < -0.39 is 0 Å². The molecule has 0 amide bonds. The topological polar surface area (TPSA) is 29.9 Å². The molecule has 0 saturated carbocycles. The van der Waals surface area contributed by atoms with Crippen molar-refractivity contribution >= 4 is 33.9 Å². The number of nitrogens with one attached hydrogen (secondary N) is 1. The van der Waals surface area contributed by atoms with Gasteiger partial charge in [-0.15, -0.1) is 11.3 Å². The third kappa shape index (κ3) is 3.29.